The van der Waals surface area contributed by atoms with Gasteiger partial charge in [0.25, 0.3) is 0 Å². The predicted molar refractivity (Wildman–Crippen MR) is 105 cm³/mol. The quantitative estimate of drug-likeness (QED) is 0.693. The molecule has 5 heteroatoms. The highest BCUT2D eigenvalue weighted by Gasteiger charge is 2.23. The topological polar surface area (TPSA) is 57.1 Å². The molecule has 2 heterocycles. The Kier molecular flexibility index (Phi) is 4.89. The lowest BCUT2D eigenvalue weighted by atomic mass is 9.89. The minimum Gasteiger partial charge on any atom is -0.493 e. The van der Waals surface area contributed by atoms with Gasteiger partial charge in [0.1, 0.15) is 5.52 Å². The molecule has 3 aromatic rings. The molecular weight excluding hydrogens is 326 g/mol. The Hall–Kier alpha value is -2.95. The first-order chi connectivity index (χ1) is 12.4. The van der Waals surface area contributed by atoms with Gasteiger partial charge < -0.3 is 9.47 Å². The number of rotatable bonds is 4. The van der Waals surface area contributed by atoms with Gasteiger partial charge in [-0.05, 0) is 35.9 Å². The molecule has 2 aromatic heterocycles. The summed E-state index contributed by atoms with van der Waals surface area (Å²) in [6.45, 7) is 6.42. The molecule has 5 nitrogen and oxygen atoms in total. The van der Waals surface area contributed by atoms with E-state index in [1.165, 1.54) is 0 Å². The van der Waals surface area contributed by atoms with Crippen LogP contribution in [0.15, 0.2) is 36.7 Å². The molecule has 26 heavy (non-hydrogen) atoms. The van der Waals surface area contributed by atoms with Gasteiger partial charge >= 0.3 is 0 Å². The van der Waals surface area contributed by atoms with Crippen molar-refractivity contribution in [1.29, 1.82) is 0 Å². The van der Waals surface area contributed by atoms with E-state index in [-0.39, 0.29) is 5.41 Å². The summed E-state index contributed by atoms with van der Waals surface area (Å²) in [7, 11) is 3.25. The number of pyridine rings is 1. The van der Waals surface area contributed by atoms with E-state index in [1.54, 1.807) is 26.6 Å². The van der Waals surface area contributed by atoms with Crippen molar-refractivity contribution in [3.05, 3.63) is 53.7 Å². The zero-order valence-electron chi connectivity index (χ0n) is 15.8. The largest absolute Gasteiger partial charge is 0.493 e. The normalized spacial score (nSPS) is 11.9. The van der Waals surface area contributed by atoms with Gasteiger partial charge in [-0.1, -0.05) is 26.8 Å². The van der Waals surface area contributed by atoms with Crippen molar-refractivity contribution in [3.63, 3.8) is 0 Å². The summed E-state index contributed by atoms with van der Waals surface area (Å²) < 4.78 is 11.0. The standard InChI is InChI=1S/C21H23N3O2/c1-21(2,3)20-15-7-8-16(25-4)19(26-5)18(15)23-17(24-20)9-6-14-10-12-22-13-11-14/h6-13H,1-5H3/b9-6+. The number of hydrogen-bond donors (Lipinski definition) is 0. The minimum absolute atomic E-state index is 0.139. The Balaban J connectivity index is 2.22. The van der Waals surface area contributed by atoms with Crippen molar-refractivity contribution < 1.29 is 9.47 Å². The molecule has 0 unspecified atom stereocenters. The first-order valence-corrected chi connectivity index (χ1v) is 8.45. The fourth-order valence-electron chi connectivity index (χ4n) is 2.82. The van der Waals surface area contributed by atoms with Gasteiger partial charge in [0.15, 0.2) is 17.3 Å². The van der Waals surface area contributed by atoms with Crippen LogP contribution in [0.1, 0.15) is 37.9 Å². The van der Waals surface area contributed by atoms with Gasteiger partial charge in [0, 0.05) is 23.2 Å². The molecule has 0 aliphatic rings. The van der Waals surface area contributed by atoms with Crippen LogP contribution >= 0.6 is 0 Å². The number of ether oxygens (including phenoxy) is 2. The van der Waals surface area contributed by atoms with Gasteiger partial charge in [-0.2, -0.15) is 0 Å². The fraction of sp³-hybridized carbons (Fsp3) is 0.286. The van der Waals surface area contributed by atoms with Crippen molar-refractivity contribution in [2.75, 3.05) is 14.2 Å². The molecule has 0 aliphatic heterocycles. The third-order valence-corrected chi connectivity index (χ3v) is 4.07. The van der Waals surface area contributed by atoms with Crippen molar-refractivity contribution in [3.8, 4) is 11.5 Å². The molecular formula is C21H23N3O2. The summed E-state index contributed by atoms with van der Waals surface area (Å²) in [6.07, 6.45) is 7.40. The maximum Gasteiger partial charge on any atom is 0.187 e. The lowest BCUT2D eigenvalue weighted by Gasteiger charge is -2.21. The Morgan fingerprint density at radius 1 is 0.885 bits per heavy atom. The highest BCUT2D eigenvalue weighted by atomic mass is 16.5. The van der Waals surface area contributed by atoms with Gasteiger partial charge in [-0.15, -0.1) is 0 Å². The fourth-order valence-corrected chi connectivity index (χ4v) is 2.82. The molecule has 0 saturated carbocycles. The molecule has 134 valence electrons. The van der Waals surface area contributed by atoms with E-state index in [9.17, 15) is 0 Å². The SMILES string of the molecule is COc1ccc2c(C(C)(C)C)nc(/C=C/c3ccncc3)nc2c1OC. The zero-order valence-corrected chi connectivity index (χ0v) is 15.8. The second-order valence-electron chi connectivity index (χ2n) is 6.99. The van der Waals surface area contributed by atoms with Gasteiger partial charge in [0.05, 0.1) is 19.9 Å². The molecule has 0 saturated heterocycles. The summed E-state index contributed by atoms with van der Waals surface area (Å²) in [6, 6.07) is 7.76. The first kappa shape index (κ1) is 17.9. The average molecular weight is 349 g/mol. The van der Waals surface area contributed by atoms with Gasteiger partial charge in [-0.3, -0.25) is 4.98 Å². The van der Waals surface area contributed by atoms with Crippen LogP contribution in [0.3, 0.4) is 0 Å². The molecule has 1 aromatic carbocycles. The van der Waals surface area contributed by atoms with Crippen LogP contribution in [0.25, 0.3) is 23.1 Å². The summed E-state index contributed by atoms with van der Waals surface area (Å²) in [5.41, 5.74) is 2.62. The molecule has 0 N–H and O–H groups in total. The summed E-state index contributed by atoms with van der Waals surface area (Å²) in [5.74, 6) is 1.91. The molecule has 0 radical (unpaired) electrons. The van der Waals surface area contributed by atoms with E-state index < -0.39 is 0 Å². The maximum atomic E-state index is 5.59. The second-order valence-corrected chi connectivity index (χ2v) is 6.99. The van der Waals surface area contributed by atoms with Crippen LogP contribution in [0.4, 0.5) is 0 Å². The number of fused-ring (bicyclic) bond motifs is 1. The molecule has 0 amide bonds. The average Bonchev–Trinajstić information content (AvgIpc) is 2.64. The molecule has 0 bridgehead atoms. The lowest BCUT2D eigenvalue weighted by molar-refractivity contribution is 0.358. The number of nitrogens with zero attached hydrogens (tertiary/aromatic N) is 3. The van der Waals surface area contributed by atoms with Crippen molar-refractivity contribution >= 4 is 23.1 Å². The van der Waals surface area contributed by atoms with Gasteiger partial charge in [0.2, 0.25) is 0 Å². The highest BCUT2D eigenvalue weighted by Crippen LogP contribution is 2.38. The number of methoxy groups -OCH3 is 2. The van der Waals surface area contributed by atoms with Crippen LogP contribution < -0.4 is 9.47 Å². The third kappa shape index (κ3) is 3.52. The van der Waals surface area contributed by atoms with Crippen LogP contribution in [0.2, 0.25) is 0 Å². The van der Waals surface area contributed by atoms with Crippen LogP contribution in [0.5, 0.6) is 11.5 Å². The van der Waals surface area contributed by atoms with E-state index in [2.05, 4.69) is 25.8 Å². The number of benzene rings is 1. The highest BCUT2D eigenvalue weighted by molar-refractivity contribution is 5.90. The van der Waals surface area contributed by atoms with E-state index >= 15 is 0 Å². The van der Waals surface area contributed by atoms with E-state index in [0.717, 1.165) is 22.2 Å². The number of aromatic nitrogens is 3. The maximum absolute atomic E-state index is 5.59. The van der Waals surface area contributed by atoms with E-state index in [4.69, 9.17) is 19.4 Å². The molecule has 3 rings (SSSR count). The van der Waals surface area contributed by atoms with Crippen LogP contribution in [0, 0.1) is 0 Å². The lowest BCUT2D eigenvalue weighted by Crippen LogP contribution is -2.16. The Bertz CT molecular complexity index is 945. The van der Waals surface area contributed by atoms with E-state index in [0.29, 0.717) is 17.3 Å². The van der Waals surface area contributed by atoms with Crippen molar-refractivity contribution in [2.45, 2.75) is 26.2 Å². The first-order valence-electron chi connectivity index (χ1n) is 8.45. The molecule has 0 fully saturated rings. The Morgan fingerprint density at radius 3 is 2.23 bits per heavy atom. The summed E-state index contributed by atoms with van der Waals surface area (Å²) in [5, 5.41) is 0.969. The summed E-state index contributed by atoms with van der Waals surface area (Å²) in [4.78, 5) is 13.6. The van der Waals surface area contributed by atoms with Crippen molar-refractivity contribution in [2.24, 2.45) is 0 Å². The van der Waals surface area contributed by atoms with Gasteiger partial charge in [-0.25, -0.2) is 9.97 Å². The van der Waals surface area contributed by atoms with E-state index in [1.807, 2.05) is 36.4 Å². The third-order valence-electron chi connectivity index (χ3n) is 4.07. The minimum atomic E-state index is -0.139. The van der Waals surface area contributed by atoms with Crippen molar-refractivity contribution in [1.82, 2.24) is 15.0 Å². The number of hydrogen-bond acceptors (Lipinski definition) is 5. The Labute approximate surface area is 153 Å². The molecule has 0 aliphatic carbocycles. The molecule has 0 spiro atoms. The second kappa shape index (κ2) is 7.12. The van der Waals surface area contributed by atoms with Crippen LogP contribution in [-0.4, -0.2) is 29.2 Å². The summed E-state index contributed by atoms with van der Waals surface area (Å²) >= 11 is 0. The zero-order chi connectivity index (χ0) is 18.7. The monoisotopic (exact) mass is 349 g/mol. The smallest absolute Gasteiger partial charge is 0.187 e. The van der Waals surface area contributed by atoms with Crippen LogP contribution in [-0.2, 0) is 5.41 Å². The molecule has 0 atom stereocenters. The Morgan fingerprint density at radius 2 is 1.62 bits per heavy atom. The predicted octanol–water partition coefficient (Wildman–Crippen LogP) is 4.51.